The van der Waals surface area contributed by atoms with Crippen LogP contribution in [0.2, 0.25) is 0 Å². The summed E-state index contributed by atoms with van der Waals surface area (Å²) in [5, 5.41) is 9.90. The van der Waals surface area contributed by atoms with Crippen molar-refractivity contribution in [1.82, 2.24) is 9.55 Å². The number of nitrogens with two attached hydrogens (primary N) is 1. The largest absolute Gasteiger partial charge is 0.447 e. The monoisotopic (exact) mass is 484 g/mol. The van der Waals surface area contributed by atoms with Crippen LogP contribution >= 0.6 is 0 Å². The van der Waals surface area contributed by atoms with Crippen molar-refractivity contribution in [1.29, 1.82) is 0 Å². The van der Waals surface area contributed by atoms with Crippen LogP contribution in [0.15, 0.2) is 17.1 Å². The molecule has 0 saturated carbocycles. The number of carbonyl (C=O) groups is 3. The molecule has 188 valence electrons. The predicted molar refractivity (Wildman–Crippen MR) is 111 cm³/mol. The van der Waals surface area contributed by atoms with Crippen LogP contribution in [0.1, 0.15) is 33.9 Å². The quantitative estimate of drug-likeness (QED) is 0.125. The van der Waals surface area contributed by atoms with E-state index in [2.05, 4.69) is 10.5 Å². The molecule has 0 amide bonds. The Labute approximate surface area is 194 Å². The Morgan fingerprint density at radius 1 is 1.18 bits per heavy atom. The van der Waals surface area contributed by atoms with E-state index in [1.807, 2.05) is 0 Å². The molecule has 0 radical (unpaired) electrons. The molecule has 0 spiro atoms. The second kappa shape index (κ2) is 10.5. The molecule has 14 nitrogen and oxygen atoms in total. The molecule has 6 atom stereocenters. The maximum Gasteiger partial charge on any atom is 0.418 e. The summed E-state index contributed by atoms with van der Waals surface area (Å²) in [6.07, 6.45) is -4.20. The molecule has 1 unspecified atom stereocenters. The number of aliphatic hydroxyl groups excluding tert-OH is 1. The molecule has 2 fully saturated rings. The first kappa shape index (κ1) is 25.6. The lowest BCUT2D eigenvalue weighted by atomic mass is 10.1. The van der Waals surface area contributed by atoms with Gasteiger partial charge >= 0.3 is 23.6 Å². The van der Waals surface area contributed by atoms with E-state index in [9.17, 15) is 24.3 Å². The molecule has 2 aliphatic rings. The minimum absolute atomic E-state index is 0.0768. The van der Waals surface area contributed by atoms with Gasteiger partial charge in [-0.2, -0.15) is 4.98 Å². The Hall–Kier alpha value is -3.07. The minimum Gasteiger partial charge on any atom is -0.447 e. The number of anilines is 1. The van der Waals surface area contributed by atoms with E-state index in [0.717, 1.165) is 4.57 Å². The van der Waals surface area contributed by atoms with Gasteiger partial charge in [0.25, 0.3) is 0 Å². The number of esters is 2. The first-order chi connectivity index (χ1) is 16.0. The van der Waals surface area contributed by atoms with Crippen molar-refractivity contribution >= 4 is 23.7 Å². The van der Waals surface area contributed by atoms with E-state index in [1.54, 1.807) is 27.7 Å². The number of aliphatic hydroxyl groups is 1. The number of carbonyl (C=O) groups excluding carboxylic acids is 3. The molecular weight excluding hydrogens is 456 g/mol. The highest BCUT2D eigenvalue weighted by Crippen LogP contribution is 2.36. The SMILES string of the molecule is CC(C)C(O)OC[C@H]1O[C@@H](n2ccc(NOC(=O)[C@@H](N)C(C)C)nc2=O)[C@@H]2OC(=O)C(=O)O[C@@H]21. The summed E-state index contributed by atoms with van der Waals surface area (Å²) >= 11 is 0. The lowest BCUT2D eigenvalue weighted by Crippen LogP contribution is -2.49. The van der Waals surface area contributed by atoms with Gasteiger partial charge < -0.3 is 34.6 Å². The van der Waals surface area contributed by atoms with Gasteiger partial charge in [-0.1, -0.05) is 27.7 Å². The Bertz CT molecular complexity index is 980. The normalized spacial score (nSPS) is 26.0. The molecule has 4 N–H and O–H groups in total. The number of nitrogens with zero attached hydrogens (tertiary/aromatic N) is 2. The van der Waals surface area contributed by atoms with Crippen LogP contribution in [-0.2, 0) is 38.2 Å². The van der Waals surface area contributed by atoms with Gasteiger partial charge in [0.05, 0.1) is 6.61 Å². The average molecular weight is 484 g/mol. The number of rotatable bonds is 9. The summed E-state index contributed by atoms with van der Waals surface area (Å²) in [6.45, 7) is 6.77. The Morgan fingerprint density at radius 3 is 2.41 bits per heavy atom. The molecule has 3 heterocycles. The van der Waals surface area contributed by atoms with Gasteiger partial charge in [0, 0.05) is 18.2 Å². The van der Waals surface area contributed by atoms with Gasteiger partial charge in [0.2, 0.25) is 0 Å². The maximum atomic E-state index is 12.6. The third-order valence-corrected chi connectivity index (χ3v) is 5.29. The van der Waals surface area contributed by atoms with Crippen LogP contribution in [0.3, 0.4) is 0 Å². The van der Waals surface area contributed by atoms with Crippen LogP contribution < -0.4 is 16.9 Å². The Balaban J connectivity index is 1.75. The van der Waals surface area contributed by atoms with E-state index in [4.69, 9.17) is 29.5 Å². The van der Waals surface area contributed by atoms with Crippen LogP contribution in [0, 0.1) is 11.8 Å². The summed E-state index contributed by atoms with van der Waals surface area (Å²) in [6, 6.07) is 0.450. The molecule has 0 aliphatic carbocycles. The van der Waals surface area contributed by atoms with E-state index in [-0.39, 0.29) is 24.3 Å². The zero-order chi connectivity index (χ0) is 25.2. The van der Waals surface area contributed by atoms with Crippen molar-refractivity contribution in [2.45, 2.75) is 64.6 Å². The third kappa shape index (κ3) is 5.52. The standard InChI is InChI=1S/C20H28N4O10/c1-8(2)12(21)17(26)34-23-11-5-6-24(20(29)22-11)15-14-13(32-18(27)19(28)33-14)10(31-15)7-30-16(25)9(3)4/h5-6,8-10,12-16,25H,7,21H2,1-4H3,(H,22,23,29)/t10-,12+,13-,14-,15-,16?/m1/s1. The number of nitrogens with one attached hydrogen (secondary N) is 1. The summed E-state index contributed by atoms with van der Waals surface area (Å²) < 4.78 is 22.5. The van der Waals surface area contributed by atoms with Gasteiger partial charge in [-0.25, -0.2) is 24.7 Å². The second-order valence-corrected chi connectivity index (χ2v) is 8.57. The van der Waals surface area contributed by atoms with Crippen molar-refractivity contribution in [2.24, 2.45) is 17.6 Å². The topological polar surface area (TPSA) is 191 Å². The smallest absolute Gasteiger partial charge is 0.418 e. The third-order valence-electron chi connectivity index (χ3n) is 5.29. The highest BCUT2D eigenvalue weighted by Gasteiger charge is 2.55. The molecule has 1 aromatic heterocycles. The fourth-order valence-corrected chi connectivity index (χ4v) is 3.17. The number of aromatic nitrogens is 2. The van der Waals surface area contributed by atoms with E-state index in [0.29, 0.717) is 0 Å². The molecule has 2 aliphatic heterocycles. The van der Waals surface area contributed by atoms with Crippen LogP contribution in [0.25, 0.3) is 0 Å². The summed E-state index contributed by atoms with van der Waals surface area (Å²) in [5.41, 5.74) is 7.12. The van der Waals surface area contributed by atoms with Crippen LogP contribution in [0.5, 0.6) is 0 Å². The number of ether oxygens (including phenoxy) is 4. The van der Waals surface area contributed by atoms with Gasteiger partial charge in [-0.3, -0.25) is 4.57 Å². The average Bonchev–Trinajstić information content (AvgIpc) is 3.12. The fraction of sp³-hybridized carbons (Fsp3) is 0.650. The fourth-order valence-electron chi connectivity index (χ4n) is 3.17. The molecule has 2 saturated heterocycles. The van der Waals surface area contributed by atoms with E-state index in [1.165, 1.54) is 12.3 Å². The summed E-state index contributed by atoms with van der Waals surface area (Å²) in [7, 11) is 0. The molecule has 14 heteroatoms. The van der Waals surface area contributed by atoms with Crippen molar-refractivity contribution < 1.29 is 43.3 Å². The molecule has 1 aromatic rings. The number of hydrogen-bond donors (Lipinski definition) is 3. The Kier molecular flexibility index (Phi) is 7.86. The molecule has 3 rings (SSSR count). The lowest BCUT2D eigenvalue weighted by Gasteiger charge is -2.28. The highest BCUT2D eigenvalue weighted by atomic mass is 16.7. The van der Waals surface area contributed by atoms with Crippen molar-refractivity contribution in [3.63, 3.8) is 0 Å². The zero-order valence-electron chi connectivity index (χ0n) is 19.1. The van der Waals surface area contributed by atoms with E-state index >= 15 is 0 Å². The first-order valence-corrected chi connectivity index (χ1v) is 10.7. The maximum absolute atomic E-state index is 12.6. The van der Waals surface area contributed by atoms with Crippen molar-refractivity contribution in [3.8, 4) is 0 Å². The van der Waals surface area contributed by atoms with Crippen molar-refractivity contribution in [2.75, 3.05) is 12.1 Å². The van der Waals surface area contributed by atoms with Gasteiger partial charge in [-0.05, 0) is 5.92 Å². The predicted octanol–water partition coefficient (Wildman–Crippen LogP) is -1.18. The second-order valence-electron chi connectivity index (χ2n) is 8.57. The van der Waals surface area contributed by atoms with Crippen LogP contribution in [-0.4, -0.2) is 69.8 Å². The van der Waals surface area contributed by atoms with Gasteiger partial charge in [-0.15, -0.1) is 0 Å². The van der Waals surface area contributed by atoms with Crippen LogP contribution in [0.4, 0.5) is 5.82 Å². The van der Waals surface area contributed by atoms with Crippen molar-refractivity contribution in [3.05, 3.63) is 22.7 Å². The highest BCUT2D eigenvalue weighted by molar-refractivity contribution is 6.30. The summed E-state index contributed by atoms with van der Waals surface area (Å²) in [5.74, 6) is -3.61. The van der Waals surface area contributed by atoms with E-state index < -0.39 is 60.5 Å². The molecular formula is C20H28N4O10. The molecule has 0 bridgehead atoms. The molecule has 34 heavy (non-hydrogen) atoms. The zero-order valence-corrected chi connectivity index (χ0v) is 19.1. The lowest BCUT2D eigenvalue weighted by molar-refractivity contribution is -0.197. The number of fused-ring (bicyclic) bond motifs is 1. The van der Waals surface area contributed by atoms with Gasteiger partial charge in [0.1, 0.15) is 12.1 Å². The Morgan fingerprint density at radius 2 is 1.82 bits per heavy atom. The minimum atomic E-state index is -1.23. The number of hydrogen-bond acceptors (Lipinski definition) is 13. The van der Waals surface area contributed by atoms with Gasteiger partial charge in [0.15, 0.2) is 30.5 Å². The first-order valence-electron chi connectivity index (χ1n) is 10.7. The molecule has 0 aromatic carbocycles. The summed E-state index contributed by atoms with van der Waals surface area (Å²) in [4.78, 5) is 56.6.